The molecule has 2 heterocycles. The Kier molecular flexibility index (Phi) is 4.36. The molecule has 0 aromatic heterocycles. The standard InChI is InChI=1S/C12H24N4O/c1-10-3-4-13-11(9-10)12(17)14-16-7-5-15(2)6-8-16/h10-11,13H,3-9H2,1-2H3,(H,14,17). The number of piperidine rings is 1. The van der Waals surface area contributed by atoms with Gasteiger partial charge < -0.3 is 10.2 Å². The van der Waals surface area contributed by atoms with E-state index in [0.29, 0.717) is 5.92 Å². The average Bonchev–Trinajstić information content (AvgIpc) is 2.32. The van der Waals surface area contributed by atoms with E-state index in [1.807, 2.05) is 5.01 Å². The van der Waals surface area contributed by atoms with Gasteiger partial charge in [0.05, 0.1) is 6.04 Å². The van der Waals surface area contributed by atoms with Gasteiger partial charge in [0.2, 0.25) is 0 Å². The number of nitrogens with zero attached hydrogens (tertiary/aromatic N) is 2. The second kappa shape index (κ2) is 5.80. The number of hydrogen-bond acceptors (Lipinski definition) is 4. The van der Waals surface area contributed by atoms with Crippen molar-refractivity contribution < 1.29 is 4.79 Å². The summed E-state index contributed by atoms with van der Waals surface area (Å²) in [6, 6.07) is -0.00148. The quantitative estimate of drug-likeness (QED) is 0.693. The molecule has 2 unspecified atom stereocenters. The van der Waals surface area contributed by atoms with Gasteiger partial charge in [-0.3, -0.25) is 10.2 Å². The van der Waals surface area contributed by atoms with E-state index in [2.05, 4.69) is 29.6 Å². The van der Waals surface area contributed by atoms with E-state index in [-0.39, 0.29) is 11.9 Å². The molecule has 0 aliphatic carbocycles. The third-order valence-electron chi connectivity index (χ3n) is 3.75. The zero-order valence-electron chi connectivity index (χ0n) is 10.9. The lowest BCUT2D eigenvalue weighted by Crippen LogP contribution is -2.57. The topological polar surface area (TPSA) is 47.6 Å². The number of amides is 1. The first-order valence-electron chi connectivity index (χ1n) is 6.62. The lowest BCUT2D eigenvalue weighted by atomic mass is 9.94. The van der Waals surface area contributed by atoms with Crippen molar-refractivity contribution in [3.05, 3.63) is 0 Å². The predicted octanol–water partition coefficient (Wildman–Crippen LogP) is -0.347. The van der Waals surface area contributed by atoms with Gasteiger partial charge in [0.15, 0.2) is 0 Å². The summed E-state index contributed by atoms with van der Waals surface area (Å²) in [5.41, 5.74) is 3.03. The van der Waals surface area contributed by atoms with Crippen LogP contribution in [0.15, 0.2) is 0 Å². The Morgan fingerprint density at radius 1 is 1.29 bits per heavy atom. The van der Waals surface area contributed by atoms with E-state index in [9.17, 15) is 4.79 Å². The van der Waals surface area contributed by atoms with Crippen molar-refractivity contribution in [2.24, 2.45) is 5.92 Å². The van der Waals surface area contributed by atoms with Crippen LogP contribution in [-0.4, -0.2) is 61.6 Å². The molecule has 98 valence electrons. The Bertz CT molecular complexity index is 263. The number of piperazine rings is 1. The minimum Gasteiger partial charge on any atom is -0.306 e. The van der Waals surface area contributed by atoms with Crippen molar-refractivity contribution in [3.63, 3.8) is 0 Å². The van der Waals surface area contributed by atoms with Gasteiger partial charge >= 0.3 is 0 Å². The highest BCUT2D eigenvalue weighted by molar-refractivity contribution is 5.81. The molecule has 17 heavy (non-hydrogen) atoms. The molecule has 5 heteroatoms. The molecule has 0 radical (unpaired) electrons. The van der Waals surface area contributed by atoms with Crippen LogP contribution in [0, 0.1) is 5.92 Å². The minimum absolute atomic E-state index is 0.00148. The van der Waals surface area contributed by atoms with E-state index in [1.165, 1.54) is 6.42 Å². The molecule has 0 aromatic carbocycles. The van der Waals surface area contributed by atoms with Crippen LogP contribution in [0.2, 0.25) is 0 Å². The molecule has 2 saturated heterocycles. The number of likely N-dealkylation sites (N-methyl/N-ethyl adjacent to an activating group) is 1. The number of rotatable bonds is 2. The molecule has 2 atom stereocenters. The maximum Gasteiger partial charge on any atom is 0.251 e. The highest BCUT2D eigenvalue weighted by atomic mass is 16.2. The van der Waals surface area contributed by atoms with Crippen LogP contribution in [0.3, 0.4) is 0 Å². The molecule has 0 aromatic rings. The van der Waals surface area contributed by atoms with Gasteiger partial charge in [0.25, 0.3) is 5.91 Å². The first-order valence-corrected chi connectivity index (χ1v) is 6.62. The van der Waals surface area contributed by atoms with Crippen molar-refractivity contribution in [2.75, 3.05) is 39.8 Å². The summed E-state index contributed by atoms with van der Waals surface area (Å²) in [7, 11) is 2.11. The Balaban J connectivity index is 1.76. The Morgan fingerprint density at radius 2 is 2.00 bits per heavy atom. The van der Waals surface area contributed by atoms with Gasteiger partial charge in [0, 0.05) is 26.2 Å². The Morgan fingerprint density at radius 3 is 2.65 bits per heavy atom. The molecule has 2 N–H and O–H groups in total. The molecule has 2 aliphatic rings. The Labute approximate surface area is 103 Å². The lowest BCUT2D eigenvalue weighted by molar-refractivity contribution is -0.129. The largest absolute Gasteiger partial charge is 0.306 e. The maximum absolute atomic E-state index is 12.1. The van der Waals surface area contributed by atoms with Gasteiger partial charge in [-0.15, -0.1) is 0 Å². The van der Waals surface area contributed by atoms with Crippen LogP contribution < -0.4 is 10.7 Å². The summed E-state index contributed by atoms with van der Waals surface area (Å²) in [4.78, 5) is 14.3. The van der Waals surface area contributed by atoms with E-state index >= 15 is 0 Å². The smallest absolute Gasteiger partial charge is 0.251 e. The summed E-state index contributed by atoms with van der Waals surface area (Å²) in [5, 5.41) is 5.34. The SMILES string of the molecule is CC1CCNC(C(=O)NN2CCN(C)CC2)C1. The summed E-state index contributed by atoms with van der Waals surface area (Å²) in [6.45, 7) is 7.07. The van der Waals surface area contributed by atoms with E-state index in [4.69, 9.17) is 0 Å². The van der Waals surface area contributed by atoms with Crippen LogP contribution >= 0.6 is 0 Å². The molecular formula is C12H24N4O. The molecule has 2 rings (SSSR count). The average molecular weight is 240 g/mol. The summed E-state index contributed by atoms with van der Waals surface area (Å²) < 4.78 is 0. The van der Waals surface area contributed by atoms with Gasteiger partial charge in [-0.25, -0.2) is 5.01 Å². The normalized spacial score (nSPS) is 32.4. The first-order chi connectivity index (χ1) is 8.15. The zero-order chi connectivity index (χ0) is 12.3. The fourth-order valence-corrected chi connectivity index (χ4v) is 2.46. The monoisotopic (exact) mass is 240 g/mol. The van der Waals surface area contributed by atoms with Crippen molar-refractivity contribution in [2.45, 2.75) is 25.8 Å². The van der Waals surface area contributed by atoms with Gasteiger partial charge in [-0.2, -0.15) is 0 Å². The van der Waals surface area contributed by atoms with Crippen molar-refractivity contribution in [3.8, 4) is 0 Å². The van der Waals surface area contributed by atoms with E-state index in [1.54, 1.807) is 0 Å². The molecule has 0 bridgehead atoms. The summed E-state index contributed by atoms with van der Waals surface area (Å²) in [5.74, 6) is 0.792. The van der Waals surface area contributed by atoms with Crippen molar-refractivity contribution >= 4 is 5.91 Å². The second-order valence-electron chi connectivity index (χ2n) is 5.40. The summed E-state index contributed by atoms with van der Waals surface area (Å²) in [6.07, 6.45) is 2.14. The molecule has 1 amide bonds. The zero-order valence-corrected chi connectivity index (χ0v) is 10.9. The number of hydrogen-bond donors (Lipinski definition) is 2. The van der Waals surface area contributed by atoms with Crippen molar-refractivity contribution in [1.82, 2.24) is 20.7 Å². The van der Waals surface area contributed by atoms with Crippen LogP contribution in [0.1, 0.15) is 19.8 Å². The molecule has 2 aliphatic heterocycles. The molecule has 0 spiro atoms. The number of carbonyl (C=O) groups is 1. The fourth-order valence-electron chi connectivity index (χ4n) is 2.46. The highest BCUT2D eigenvalue weighted by Crippen LogP contribution is 2.15. The molecule has 2 fully saturated rings. The Hall–Kier alpha value is -0.650. The molecule has 0 saturated carbocycles. The van der Waals surface area contributed by atoms with Crippen LogP contribution in [-0.2, 0) is 4.79 Å². The first kappa shape index (κ1) is 12.8. The number of carbonyl (C=O) groups excluding carboxylic acids is 1. The highest BCUT2D eigenvalue weighted by Gasteiger charge is 2.26. The number of hydrazine groups is 1. The van der Waals surface area contributed by atoms with Crippen molar-refractivity contribution in [1.29, 1.82) is 0 Å². The maximum atomic E-state index is 12.1. The van der Waals surface area contributed by atoms with Gasteiger partial charge in [-0.1, -0.05) is 6.92 Å². The third-order valence-corrected chi connectivity index (χ3v) is 3.75. The minimum atomic E-state index is -0.00148. The van der Waals surface area contributed by atoms with E-state index in [0.717, 1.165) is 39.1 Å². The molecular weight excluding hydrogens is 216 g/mol. The summed E-state index contributed by atoms with van der Waals surface area (Å²) >= 11 is 0. The second-order valence-corrected chi connectivity index (χ2v) is 5.40. The van der Waals surface area contributed by atoms with E-state index < -0.39 is 0 Å². The van der Waals surface area contributed by atoms with Crippen LogP contribution in [0.4, 0.5) is 0 Å². The number of nitrogens with one attached hydrogen (secondary N) is 2. The van der Waals surface area contributed by atoms with Gasteiger partial charge in [0.1, 0.15) is 0 Å². The van der Waals surface area contributed by atoms with Gasteiger partial charge in [-0.05, 0) is 32.4 Å². The predicted molar refractivity (Wildman–Crippen MR) is 67.4 cm³/mol. The van der Waals surface area contributed by atoms with Crippen LogP contribution in [0.25, 0.3) is 0 Å². The lowest BCUT2D eigenvalue weighted by Gasteiger charge is -2.34. The fraction of sp³-hybridized carbons (Fsp3) is 0.917. The molecule has 5 nitrogen and oxygen atoms in total. The van der Waals surface area contributed by atoms with Crippen LogP contribution in [0.5, 0.6) is 0 Å². The third kappa shape index (κ3) is 3.66.